The van der Waals surface area contributed by atoms with Gasteiger partial charge in [-0.15, -0.1) is 0 Å². The minimum absolute atomic E-state index is 0. The zero-order valence-electron chi connectivity index (χ0n) is 5.94. The Balaban J connectivity index is 0. The summed E-state index contributed by atoms with van der Waals surface area (Å²) < 4.78 is 4.91. The van der Waals surface area contributed by atoms with Crippen LogP contribution in [0.2, 0.25) is 0 Å². The molecule has 0 aliphatic carbocycles. The van der Waals surface area contributed by atoms with Gasteiger partial charge in [-0.3, -0.25) is 0 Å². The molecular formula is C4H11MoO2PS2. The van der Waals surface area contributed by atoms with Gasteiger partial charge in [0.05, 0.1) is 6.61 Å². The van der Waals surface area contributed by atoms with Crippen molar-refractivity contribution >= 4 is 28.9 Å². The summed E-state index contributed by atoms with van der Waals surface area (Å²) in [5.74, 6) is 0.813. The van der Waals surface area contributed by atoms with E-state index in [9.17, 15) is 4.89 Å². The summed E-state index contributed by atoms with van der Waals surface area (Å²) in [4.78, 5) is 9.18. The quantitative estimate of drug-likeness (QED) is 0.631. The summed E-state index contributed by atoms with van der Waals surface area (Å²) in [6.45, 7) is 4.27. The van der Waals surface area contributed by atoms with Gasteiger partial charge < -0.3 is 9.42 Å². The molecule has 1 N–H and O–H groups in total. The zero-order valence-corrected chi connectivity index (χ0v) is 10.5. The van der Waals surface area contributed by atoms with Crippen molar-refractivity contribution in [3.63, 3.8) is 0 Å². The third kappa shape index (κ3) is 7.71. The molecule has 6 heteroatoms. The van der Waals surface area contributed by atoms with E-state index in [0.717, 1.165) is 5.75 Å². The fourth-order valence-electron chi connectivity index (χ4n) is 0.364. The molecule has 0 spiro atoms. The second-order valence-corrected chi connectivity index (χ2v) is 7.77. The van der Waals surface area contributed by atoms with Gasteiger partial charge in [-0.1, -0.05) is 18.3 Å². The van der Waals surface area contributed by atoms with Crippen molar-refractivity contribution in [3.8, 4) is 0 Å². The molecule has 0 saturated heterocycles. The average Bonchev–Trinajstić information content (AvgIpc) is 1.64. The van der Waals surface area contributed by atoms with Gasteiger partial charge in [0, 0.05) is 21.1 Å². The predicted octanol–water partition coefficient (Wildman–Crippen LogP) is 1.99. The van der Waals surface area contributed by atoms with E-state index >= 15 is 0 Å². The smallest absolute Gasteiger partial charge is 0.244 e. The van der Waals surface area contributed by atoms with Crippen LogP contribution in [0.5, 0.6) is 0 Å². The third-order valence-electron chi connectivity index (χ3n) is 0.584. The molecule has 0 saturated carbocycles. The largest absolute Gasteiger partial charge is 0.337 e. The van der Waals surface area contributed by atoms with Crippen LogP contribution in [0.4, 0.5) is 0 Å². The van der Waals surface area contributed by atoms with Gasteiger partial charge in [-0.05, 0) is 24.5 Å². The van der Waals surface area contributed by atoms with Gasteiger partial charge >= 0.3 is 0 Å². The van der Waals surface area contributed by atoms with Gasteiger partial charge in [0.15, 0.2) is 0 Å². The van der Waals surface area contributed by atoms with Gasteiger partial charge in [0.2, 0.25) is 5.69 Å². The first kappa shape index (κ1) is 14.2. The first-order chi connectivity index (χ1) is 4.12. The van der Waals surface area contributed by atoms with Crippen LogP contribution >= 0.6 is 17.1 Å². The SMILES string of the molecule is CCOP(O)(=S)SCC.[Mo]. The molecule has 1 unspecified atom stereocenters. The standard InChI is InChI=1S/C4H11O2PS2.Mo/c1-3-6-7(5,8)9-4-2;/h3-4H2,1-2H3,(H,5,8);. The fourth-order valence-corrected chi connectivity index (χ4v) is 3.87. The Hall–Kier alpha value is 1.61. The molecule has 1 atom stereocenters. The second-order valence-electron chi connectivity index (χ2n) is 1.30. The third-order valence-corrected chi connectivity index (χ3v) is 5.09. The number of rotatable bonds is 4. The fraction of sp³-hybridized carbons (Fsp3) is 1.00. The first-order valence-corrected chi connectivity index (χ1v) is 7.00. The van der Waals surface area contributed by atoms with E-state index in [1.54, 1.807) is 0 Å². The molecule has 0 fully saturated rings. The summed E-state index contributed by atoms with van der Waals surface area (Å²) in [6.07, 6.45) is 0. The van der Waals surface area contributed by atoms with Crippen LogP contribution in [0.3, 0.4) is 0 Å². The van der Waals surface area contributed by atoms with Crippen LogP contribution in [0.15, 0.2) is 0 Å². The molecule has 0 rings (SSSR count). The van der Waals surface area contributed by atoms with E-state index < -0.39 is 5.69 Å². The van der Waals surface area contributed by atoms with Gasteiger partial charge in [0.25, 0.3) is 0 Å². The van der Waals surface area contributed by atoms with Crippen molar-refractivity contribution in [2.24, 2.45) is 0 Å². The monoisotopic (exact) mass is 284 g/mol. The second kappa shape index (κ2) is 7.27. The topological polar surface area (TPSA) is 29.5 Å². The van der Waals surface area contributed by atoms with Gasteiger partial charge in [0.1, 0.15) is 0 Å². The molecule has 0 aromatic heterocycles. The summed E-state index contributed by atoms with van der Waals surface area (Å²) in [5.41, 5.74) is -2.44. The zero-order chi connectivity index (χ0) is 7.33. The molecule has 62 valence electrons. The Kier molecular flexibility index (Phi) is 10.3. The van der Waals surface area contributed by atoms with Crippen molar-refractivity contribution in [2.45, 2.75) is 13.8 Å². The van der Waals surface area contributed by atoms with Crippen LogP contribution in [0, 0.1) is 0 Å². The van der Waals surface area contributed by atoms with Crippen molar-refractivity contribution < 1.29 is 30.5 Å². The summed E-state index contributed by atoms with van der Waals surface area (Å²) in [7, 11) is 0. The Morgan fingerprint density at radius 1 is 1.60 bits per heavy atom. The minimum Gasteiger partial charge on any atom is -0.337 e. The molecule has 0 aromatic carbocycles. The van der Waals surface area contributed by atoms with Crippen molar-refractivity contribution in [3.05, 3.63) is 0 Å². The molecule has 2 nitrogen and oxygen atoms in total. The Labute approximate surface area is 85.3 Å². The van der Waals surface area contributed by atoms with E-state index in [1.807, 2.05) is 13.8 Å². The van der Waals surface area contributed by atoms with Crippen LogP contribution in [0.1, 0.15) is 13.8 Å². The molecule has 0 aliphatic rings. The summed E-state index contributed by atoms with van der Waals surface area (Å²) in [5, 5.41) is 0. The van der Waals surface area contributed by atoms with E-state index in [0.29, 0.717) is 6.61 Å². The summed E-state index contributed by atoms with van der Waals surface area (Å²) >= 11 is 6.07. The van der Waals surface area contributed by atoms with Crippen LogP contribution < -0.4 is 0 Å². The van der Waals surface area contributed by atoms with E-state index in [1.165, 1.54) is 11.4 Å². The molecule has 10 heavy (non-hydrogen) atoms. The predicted molar refractivity (Wildman–Crippen MR) is 46.3 cm³/mol. The maximum absolute atomic E-state index is 9.18. The van der Waals surface area contributed by atoms with Gasteiger partial charge in [-0.25, -0.2) is 0 Å². The van der Waals surface area contributed by atoms with E-state index in [-0.39, 0.29) is 21.1 Å². The molecule has 0 amide bonds. The summed E-state index contributed by atoms with van der Waals surface area (Å²) in [6, 6.07) is 0. The normalized spacial score (nSPS) is 15.5. The Morgan fingerprint density at radius 3 is 2.40 bits per heavy atom. The molecular weight excluding hydrogens is 271 g/mol. The van der Waals surface area contributed by atoms with Crippen LogP contribution in [0.25, 0.3) is 0 Å². The van der Waals surface area contributed by atoms with Crippen molar-refractivity contribution in [1.29, 1.82) is 0 Å². The van der Waals surface area contributed by atoms with Crippen molar-refractivity contribution in [1.82, 2.24) is 0 Å². The number of hydrogen-bond acceptors (Lipinski definition) is 3. The molecule has 0 heterocycles. The molecule has 0 aliphatic heterocycles. The van der Waals surface area contributed by atoms with E-state index in [2.05, 4.69) is 0 Å². The molecule has 0 bridgehead atoms. The molecule has 0 radical (unpaired) electrons. The average molecular weight is 282 g/mol. The maximum Gasteiger partial charge on any atom is 0.244 e. The Bertz CT molecular complexity index is 112. The van der Waals surface area contributed by atoms with Crippen LogP contribution in [-0.4, -0.2) is 17.3 Å². The number of hydrogen-bond donors (Lipinski definition) is 1. The first-order valence-electron chi connectivity index (χ1n) is 2.74. The van der Waals surface area contributed by atoms with E-state index in [4.69, 9.17) is 16.3 Å². The van der Waals surface area contributed by atoms with Crippen LogP contribution in [-0.2, 0) is 37.4 Å². The van der Waals surface area contributed by atoms with Gasteiger partial charge in [-0.2, -0.15) is 0 Å². The minimum atomic E-state index is -2.44. The maximum atomic E-state index is 9.18. The molecule has 0 aromatic rings. The van der Waals surface area contributed by atoms with Crippen molar-refractivity contribution in [2.75, 3.05) is 12.4 Å². The Morgan fingerprint density at radius 2 is 2.10 bits per heavy atom.